The summed E-state index contributed by atoms with van der Waals surface area (Å²) in [7, 11) is 1.82. The predicted molar refractivity (Wildman–Crippen MR) is 78.4 cm³/mol. The van der Waals surface area contributed by atoms with Gasteiger partial charge in [0.05, 0.1) is 5.69 Å². The summed E-state index contributed by atoms with van der Waals surface area (Å²) in [5.41, 5.74) is 3.08. The molecule has 0 spiro atoms. The van der Waals surface area contributed by atoms with Crippen molar-refractivity contribution in [1.29, 1.82) is 0 Å². The maximum atomic E-state index is 14.3. The minimum Gasteiger partial charge on any atom is -0.373 e. The van der Waals surface area contributed by atoms with Crippen LogP contribution in [0.15, 0.2) is 18.2 Å². The first-order valence-electron chi connectivity index (χ1n) is 6.92. The van der Waals surface area contributed by atoms with E-state index in [1.807, 2.05) is 33.0 Å². The van der Waals surface area contributed by atoms with E-state index in [1.54, 1.807) is 6.07 Å². The van der Waals surface area contributed by atoms with Gasteiger partial charge in [-0.2, -0.15) is 0 Å². The molecule has 1 aromatic heterocycles. The molecule has 3 rings (SSSR count). The van der Waals surface area contributed by atoms with Crippen LogP contribution in [-0.2, 0) is 0 Å². The van der Waals surface area contributed by atoms with Gasteiger partial charge in [0.2, 0.25) is 0 Å². The summed E-state index contributed by atoms with van der Waals surface area (Å²) >= 11 is 0. The van der Waals surface area contributed by atoms with Gasteiger partial charge in [0, 0.05) is 24.6 Å². The van der Waals surface area contributed by atoms with E-state index in [0.717, 1.165) is 35.6 Å². The molecule has 0 bridgehead atoms. The van der Waals surface area contributed by atoms with E-state index in [9.17, 15) is 4.39 Å². The topological polar surface area (TPSA) is 37.8 Å². The van der Waals surface area contributed by atoms with Gasteiger partial charge in [-0.3, -0.25) is 0 Å². The molecule has 1 aliphatic carbocycles. The van der Waals surface area contributed by atoms with Crippen LogP contribution in [0.3, 0.4) is 0 Å². The lowest BCUT2D eigenvalue weighted by Crippen LogP contribution is -2.02. The van der Waals surface area contributed by atoms with E-state index in [4.69, 9.17) is 0 Å². The highest BCUT2D eigenvalue weighted by atomic mass is 19.1. The smallest absolute Gasteiger partial charge is 0.134 e. The molecular formula is C16H18FN3. The monoisotopic (exact) mass is 271 g/mol. The minimum absolute atomic E-state index is 0.218. The molecule has 3 nitrogen and oxygen atoms in total. The third-order valence-electron chi connectivity index (χ3n) is 3.63. The summed E-state index contributed by atoms with van der Waals surface area (Å²) in [6.07, 6.45) is 2.25. The molecule has 0 atom stereocenters. The summed E-state index contributed by atoms with van der Waals surface area (Å²) < 4.78 is 14.3. The summed E-state index contributed by atoms with van der Waals surface area (Å²) in [6, 6.07) is 5.35. The van der Waals surface area contributed by atoms with Gasteiger partial charge in [0.1, 0.15) is 17.5 Å². The van der Waals surface area contributed by atoms with Crippen LogP contribution >= 0.6 is 0 Å². The summed E-state index contributed by atoms with van der Waals surface area (Å²) in [5.74, 6) is 1.79. The Morgan fingerprint density at radius 1 is 1.15 bits per heavy atom. The third kappa shape index (κ3) is 2.38. The molecule has 4 heteroatoms. The zero-order chi connectivity index (χ0) is 14.3. The first-order valence-corrected chi connectivity index (χ1v) is 6.92. The zero-order valence-corrected chi connectivity index (χ0v) is 12.0. The molecule has 2 aromatic rings. The van der Waals surface area contributed by atoms with Gasteiger partial charge < -0.3 is 5.32 Å². The van der Waals surface area contributed by atoms with Gasteiger partial charge in [-0.1, -0.05) is 6.07 Å². The summed E-state index contributed by atoms with van der Waals surface area (Å²) in [6.45, 7) is 3.82. The molecule has 0 radical (unpaired) electrons. The highest BCUT2D eigenvalue weighted by Gasteiger charge is 2.28. The lowest BCUT2D eigenvalue weighted by molar-refractivity contribution is 0.628. The molecule has 20 heavy (non-hydrogen) atoms. The number of aromatic nitrogens is 2. The molecule has 1 aromatic carbocycles. The Morgan fingerprint density at radius 2 is 1.90 bits per heavy atom. The van der Waals surface area contributed by atoms with E-state index >= 15 is 0 Å². The maximum absolute atomic E-state index is 14.3. The fourth-order valence-corrected chi connectivity index (χ4v) is 2.49. The number of halogens is 1. The van der Waals surface area contributed by atoms with Crippen molar-refractivity contribution in [3.05, 3.63) is 41.0 Å². The molecule has 1 fully saturated rings. The SMILES string of the molecule is CNc1cc(-c2c(C)cc(C)cc2F)nc(C2CC2)n1. The molecule has 0 unspecified atom stereocenters. The van der Waals surface area contributed by atoms with Crippen molar-refractivity contribution >= 4 is 5.82 Å². The second-order valence-corrected chi connectivity index (χ2v) is 5.46. The fourth-order valence-electron chi connectivity index (χ4n) is 2.49. The van der Waals surface area contributed by atoms with Gasteiger partial charge in [-0.15, -0.1) is 0 Å². The molecule has 1 aliphatic rings. The van der Waals surface area contributed by atoms with Gasteiger partial charge in [0.25, 0.3) is 0 Å². The van der Waals surface area contributed by atoms with Crippen LogP contribution in [0.1, 0.15) is 35.7 Å². The highest BCUT2D eigenvalue weighted by Crippen LogP contribution is 2.39. The van der Waals surface area contributed by atoms with Crippen molar-refractivity contribution in [2.24, 2.45) is 0 Å². The van der Waals surface area contributed by atoms with Gasteiger partial charge in [-0.25, -0.2) is 14.4 Å². The Labute approximate surface area is 118 Å². The first kappa shape index (κ1) is 13.0. The van der Waals surface area contributed by atoms with E-state index < -0.39 is 0 Å². The Kier molecular flexibility index (Phi) is 3.16. The van der Waals surface area contributed by atoms with Crippen LogP contribution in [0, 0.1) is 19.7 Å². The Hall–Kier alpha value is -1.97. The molecule has 0 saturated heterocycles. The Balaban J connectivity index is 2.16. The highest BCUT2D eigenvalue weighted by molar-refractivity contribution is 5.67. The zero-order valence-electron chi connectivity index (χ0n) is 12.0. The van der Waals surface area contributed by atoms with E-state index in [1.165, 1.54) is 0 Å². The van der Waals surface area contributed by atoms with Crippen molar-refractivity contribution < 1.29 is 4.39 Å². The molecule has 0 amide bonds. The number of benzene rings is 1. The predicted octanol–water partition coefficient (Wildman–Crippen LogP) is 3.82. The molecule has 104 valence electrons. The normalized spacial score (nSPS) is 14.4. The minimum atomic E-state index is -0.218. The fraction of sp³-hybridized carbons (Fsp3) is 0.375. The number of anilines is 1. The number of aryl methyl sites for hydroxylation is 2. The van der Waals surface area contributed by atoms with Crippen LogP contribution in [-0.4, -0.2) is 17.0 Å². The number of nitrogens with zero attached hydrogens (tertiary/aromatic N) is 2. The Morgan fingerprint density at radius 3 is 2.50 bits per heavy atom. The van der Waals surface area contributed by atoms with Crippen LogP contribution in [0.4, 0.5) is 10.2 Å². The average Bonchev–Trinajstić information content (AvgIpc) is 3.21. The molecule has 1 heterocycles. The van der Waals surface area contributed by atoms with E-state index in [0.29, 0.717) is 17.2 Å². The second-order valence-electron chi connectivity index (χ2n) is 5.46. The summed E-state index contributed by atoms with van der Waals surface area (Å²) in [4.78, 5) is 9.05. The lowest BCUT2D eigenvalue weighted by Gasteiger charge is -2.11. The van der Waals surface area contributed by atoms with Crippen molar-refractivity contribution in [2.75, 3.05) is 12.4 Å². The quantitative estimate of drug-likeness (QED) is 0.922. The second kappa shape index (κ2) is 4.85. The van der Waals surface area contributed by atoms with E-state index in [2.05, 4.69) is 15.3 Å². The number of rotatable bonds is 3. The van der Waals surface area contributed by atoms with Crippen molar-refractivity contribution in [3.8, 4) is 11.3 Å². The van der Waals surface area contributed by atoms with Crippen LogP contribution < -0.4 is 5.32 Å². The van der Waals surface area contributed by atoms with Gasteiger partial charge in [-0.05, 0) is 43.9 Å². The van der Waals surface area contributed by atoms with Crippen LogP contribution in [0.25, 0.3) is 11.3 Å². The Bertz CT molecular complexity index is 640. The molecule has 0 aliphatic heterocycles. The van der Waals surface area contributed by atoms with Gasteiger partial charge >= 0.3 is 0 Å². The first-order chi connectivity index (χ1) is 9.58. The lowest BCUT2D eigenvalue weighted by atomic mass is 10.0. The third-order valence-corrected chi connectivity index (χ3v) is 3.63. The average molecular weight is 271 g/mol. The van der Waals surface area contributed by atoms with Crippen molar-refractivity contribution in [1.82, 2.24) is 9.97 Å². The standard InChI is InChI=1S/C16H18FN3/c1-9-6-10(2)15(12(17)7-9)13-8-14(18-3)20-16(19-13)11-4-5-11/h6-8,11H,4-5H2,1-3H3,(H,18,19,20). The number of hydrogen-bond acceptors (Lipinski definition) is 3. The van der Waals surface area contributed by atoms with Crippen LogP contribution in [0.2, 0.25) is 0 Å². The van der Waals surface area contributed by atoms with Gasteiger partial charge in [0.15, 0.2) is 0 Å². The maximum Gasteiger partial charge on any atom is 0.134 e. The molecule has 1 saturated carbocycles. The number of nitrogens with one attached hydrogen (secondary N) is 1. The van der Waals surface area contributed by atoms with E-state index in [-0.39, 0.29) is 5.82 Å². The summed E-state index contributed by atoms with van der Waals surface area (Å²) in [5, 5.41) is 3.04. The van der Waals surface area contributed by atoms with Crippen molar-refractivity contribution in [3.63, 3.8) is 0 Å². The molecular weight excluding hydrogens is 253 g/mol. The number of hydrogen-bond donors (Lipinski definition) is 1. The molecule has 1 N–H and O–H groups in total. The largest absolute Gasteiger partial charge is 0.373 e. The van der Waals surface area contributed by atoms with Crippen molar-refractivity contribution in [2.45, 2.75) is 32.6 Å². The van der Waals surface area contributed by atoms with Crippen LogP contribution in [0.5, 0.6) is 0 Å².